The van der Waals surface area contributed by atoms with Crippen molar-refractivity contribution in [3.63, 3.8) is 0 Å². The van der Waals surface area contributed by atoms with Crippen LogP contribution in [0.25, 0.3) is 10.9 Å². The van der Waals surface area contributed by atoms with E-state index in [1.54, 1.807) is 25.2 Å². The summed E-state index contributed by atoms with van der Waals surface area (Å²) in [5, 5.41) is 9.24. The van der Waals surface area contributed by atoms with Crippen LogP contribution in [0.3, 0.4) is 0 Å². The fourth-order valence-corrected chi connectivity index (χ4v) is 2.34. The molecule has 16 heavy (non-hydrogen) atoms. The van der Waals surface area contributed by atoms with Crippen LogP contribution in [0.2, 0.25) is 0 Å². The lowest BCUT2D eigenvalue weighted by Crippen LogP contribution is -2.13. The smallest absolute Gasteiger partial charge is 0.258 e. The van der Waals surface area contributed by atoms with Crippen molar-refractivity contribution in [2.24, 2.45) is 12.2 Å². The minimum Gasteiger partial charge on any atom is -0.496 e. The second kappa shape index (κ2) is 3.46. The zero-order valence-electron chi connectivity index (χ0n) is 8.84. The summed E-state index contributed by atoms with van der Waals surface area (Å²) in [5.74, 6) is 0.439. The number of primary sulfonamides is 1. The Morgan fingerprint density at radius 2 is 2.12 bits per heavy atom. The number of fused-ring (bicyclic) bond motifs is 1. The molecule has 2 rings (SSSR count). The minimum atomic E-state index is -3.85. The highest BCUT2D eigenvalue weighted by Gasteiger charge is 2.21. The molecule has 0 unspecified atom stereocenters. The third-order valence-electron chi connectivity index (χ3n) is 2.30. The number of benzene rings is 1. The van der Waals surface area contributed by atoms with E-state index >= 15 is 0 Å². The molecular formula is C9H11N3O3S. The third kappa shape index (κ3) is 1.54. The number of methoxy groups -OCH3 is 1. The van der Waals surface area contributed by atoms with Gasteiger partial charge in [0.2, 0.25) is 5.03 Å². The van der Waals surface area contributed by atoms with Gasteiger partial charge in [-0.1, -0.05) is 6.07 Å². The first-order valence-corrected chi connectivity index (χ1v) is 6.02. The summed E-state index contributed by atoms with van der Waals surface area (Å²) < 4.78 is 29.3. The summed E-state index contributed by atoms with van der Waals surface area (Å²) in [5.41, 5.74) is 0.656. The van der Waals surface area contributed by atoms with Gasteiger partial charge in [0.25, 0.3) is 10.0 Å². The molecule has 0 aliphatic carbocycles. The molecule has 1 heterocycles. The zero-order chi connectivity index (χ0) is 11.9. The number of hydrogen-bond acceptors (Lipinski definition) is 4. The molecule has 86 valence electrons. The van der Waals surface area contributed by atoms with E-state index in [0.717, 1.165) is 0 Å². The van der Waals surface area contributed by atoms with E-state index < -0.39 is 10.0 Å². The van der Waals surface area contributed by atoms with Gasteiger partial charge in [0.15, 0.2) is 0 Å². The number of sulfonamides is 1. The number of hydrogen-bond donors (Lipinski definition) is 1. The molecule has 0 amide bonds. The third-order valence-corrected chi connectivity index (χ3v) is 3.12. The van der Waals surface area contributed by atoms with E-state index in [-0.39, 0.29) is 5.03 Å². The maximum absolute atomic E-state index is 11.4. The van der Waals surface area contributed by atoms with Crippen LogP contribution >= 0.6 is 0 Å². The van der Waals surface area contributed by atoms with Crippen molar-refractivity contribution < 1.29 is 13.2 Å². The molecule has 0 bridgehead atoms. The van der Waals surface area contributed by atoms with E-state index in [1.807, 2.05) is 0 Å². The van der Waals surface area contributed by atoms with E-state index in [2.05, 4.69) is 5.10 Å². The molecule has 0 saturated heterocycles. The molecule has 7 heteroatoms. The summed E-state index contributed by atoms with van der Waals surface area (Å²) in [6, 6.07) is 5.17. The van der Waals surface area contributed by atoms with Gasteiger partial charge in [-0.3, -0.25) is 4.68 Å². The number of aryl methyl sites for hydroxylation is 1. The summed E-state index contributed by atoms with van der Waals surface area (Å²) in [6.07, 6.45) is 0. The number of aromatic nitrogens is 2. The van der Waals surface area contributed by atoms with Gasteiger partial charge in [-0.05, 0) is 12.1 Å². The highest BCUT2D eigenvalue weighted by Crippen LogP contribution is 2.30. The Morgan fingerprint density at radius 1 is 1.44 bits per heavy atom. The molecule has 0 saturated carbocycles. The number of rotatable bonds is 2. The Balaban J connectivity index is 2.97. The molecule has 1 aromatic heterocycles. The molecule has 2 N–H and O–H groups in total. The lowest BCUT2D eigenvalue weighted by Gasteiger charge is -2.02. The number of nitrogens with zero attached hydrogens (tertiary/aromatic N) is 2. The fourth-order valence-electron chi connectivity index (χ4n) is 1.61. The number of nitrogens with two attached hydrogens (primary N) is 1. The predicted octanol–water partition coefficient (Wildman–Crippen LogP) is 0.229. The van der Waals surface area contributed by atoms with Gasteiger partial charge in [0.1, 0.15) is 5.75 Å². The highest BCUT2D eigenvalue weighted by molar-refractivity contribution is 7.89. The standard InChI is InChI=1S/C9H11N3O3S/c1-12-6-4-3-5-7(15-2)8(6)9(11-12)16(10,13)14/h3-5H,1-2H3,(H2,10,13,14). The second-order valence-electron chi connectivity index (χ2n) is 3.33. The first-order chi connectivity index (χ1) is 7.45. The Morgan fingerprint density at radius 3 is 2.69 bits per heavy atom. The van der Waals surface area contributed by atoms with Crippen LogP contribution < -0.4 is 9.88 Å². The van der Waals surface area contributed by atoms with Crippen molar-refractivity contribution in [1.82, 2.24) is 9.78 Å². The van der Waals surface area contributed by atoms with Crippen LogP contribution in [0.15, 0.2) is 23.2 Å². The normalized spacial score (nSPS) is 11.9. The van der Waals surface area contributed by atoms with Gasteiger partial charge >= 0.3 is 0 Å². The molecule has 2 aromatic rings. The fraction of sp³-hybridized carbons (Fsp3) is 0.222. The topological polar surface area (TPSA) is 87.2 Å². The van der Waals surface area contributed by atoms with Gasteiger partial charge in [-0.15, -0.1) is 0 Å². The van der Waals surface area contributed by atoms with Crippen LogP contribution in [-0.2, 0) is 17.1 Å². The molecule has 0 radical (unpaired) electrons. The van der Waals surface area contributed by atoms with Gasteiger partial charge in [0, 0.05) is 7.05 Å². The van der Waals surface area contributed by atoms with Crippen LogP contribution in [-0.4, -0.2) is 25.3 Å². The van der Waals surface area contributed by atoms with Crippen LogP contribution in [0.5, 0.6) is 5.75 Å². The van der Waals surface area contributed by atoms with E-state index in [1.165, 1.54) is 11.8 Å². The highest BCUT2D eigenvalue weighted by atomic mass is 32.2. The van der Waals surface area contributed by atoms with Crippen molar-refractivity contribution in [2.75, 3.05) is 7.11 Å². The molecule has 6 nitrogen and oxygen atoms in total. The Labute approximate surface area is 92.7 Å². The minimum absolute atomic E-state index is 0.164. The largest absolute Gasteiger partial charge is 0.496 e. The maximum atomic E-state index is 11.4. The SMILES string of the molecule is COc1cccc2c1c(S(N)(=O)=O)nn2C. The van der Waals surface area contributed by atoms with E-state index in [4.69, 9.17) is 9.88 Å². The first kappa shape index (κ1) is 10.9. The maximum Gasteiger partial charge on any atom is 0.258 e. The summed E-state index contributed by atoms with van der Waals surface area (Å²) in [4.78, 5) is 0. The lowest BCUT2D eigenvalue weighted by atomic mass is 10.2. The van der Waals surface area contributed by atoms with Crippen LogP contribution in [0, 0.1) is 0 Å². The van der Waals surface area contributed by atoms with E-state index in [0.29, 0.717) is 16.7 Å². The predicted molar refractivity (Wildman–Crippen MR) is 58.6 cm³/mol. The Hall–Kier alpha value is -1.60. The zero-order valence-corrected chi connectivity index (χ0v) is 9.65. The van der Waals surface area contributed by atoms with Crippen molar-refractivity contribution >= 4 is 20.9 Å². The van der Waals surface area contributed by atoms with Gasteiger partial charge in [-0.25, -0.2) is 13.6 Å². The molecule has 0 aliphatic rings. The van der Waals surface area contributed by atoms with Crippen molar-refractivity contribution in [3.8, 4) is 5.75 Å². The summed E-state index contributed by atoms with van der Waals surface area (Å²) in [6.45, 7) is 0. The number of ether oxygens (including phenoxy) is 1. The first-order valence-electron chi connectivity index (χ1n) is 4.47. The van der Waals surface area contributed by atoms with Crippen molar-refractivity contribution in [3.05, 3.63) is 18.2 Å². The molecular weight excluding hydrogens is 230 g/mol. The average molecular weight is 241 g/mol. The van der Waals surface area contributed by atoms with Crippen LogP contribution in [0.1, 0.15) is 0 Å². The quantitative estimate of drug-likeness (QED) is 0.815. The molecule has 1 aromatic carbocycles. The Bertz CT molecular complexity index is 645. The molecule has 0 fully saturated rings. The molecule has 0 atom stereocenters. The van der Waals surface area contributed by atoms with Gasteiger partial charge in [-0.2, -0.15) is 5.10 Å². The van der Waals surface area contributed by atoms with Crippen molar-refractivity contribution in [2.45, 2.75) is 5.03 Å². The van der Waals surface area contributed by atoms with Gasteiger partial charge < -0.3 is 4.74 Å². The Kier molecular flexibility index (Phi) is 2.36. The molecule has 0 spiro atoms. The second-order valence-corrected chi connectivity index (χ2v) is 4.80. The summed E-state index contributed by atoms with van der Waals surface area (Å²) in [7, 11) is -0.737. The summed E-state index contributed by atoms with van der Waals surface area (Å²) >= 11 is 0. The van der Waals surface area contributed by atoms with E-state index in [9.17, 15) is 8.42 Å². The van der Waals surface area contributed by atoms with Crippen molar-refractivity contribution in [1.29, 1.82) is 0 Å². The average Bonchev–Trinajstić information content (AvgIpc) is 2.56. The molecule has 0 aliphatic heterocycles. The van der Waals surface area contributed by atoms with Crippen LogP contribution in [0.4, 0.5) is 0 Å². The monoisotopic (exact) mass is 241 g/mol. The van der Waals surface area contributed by atoms with Gasteiger partial charge in [0.05, 0.1) is 18.0 Å². The lowest BCUT2D eigenvalue weighted by molar-refractivity contribution is 0.419.